The highest BCUT2D eigenvalue weighted by molar-refractivity contribution is 5.94. The van der Waals surface area contributed by atoms with E-state index in [2.05, 4.69) is 10.2 Å². The standard InChI is InChI=1S/C14H21N3O.ClH/c1-11(17-8-7-12(9-15)10-17)14(18)16-13-5-3-2-4-6-13;/h2-6,11-12H,7-10,15H2,1H3,(H,16,18);1H. The molecule has 0 aromatic heterocycles. The second kappa shape index (κ2) is 7.48. The van der Waals surface area contributed by atoms with Gasteiger partial charge in [0.1, 0.15) is 0 Å². The average Bonchev–Trinajstić information content (AvgIpc) is 2.87. The Hall–Kier alpha value is -1.10. The number of anilines is 1. The molecular weight excluding hydrogens is 262 g/mol. The van der Waals surface area contributed by atoms with Crippen LogP contribution in [0.1, 0.15) is 13.3 Å². The van der Waals surface area contributed by atoms with Crippen molar-refractivity contribution in [3.8, 4) is 0 Å². The van der Waals surface area contributed by atoms with Crippen molar-refractivity contribution in [3.05, 3.63) is 30.3 Å². The van der Waals surface area contributed by atoms with Crippen LogP contribution in [-0.4, -0.2) is 36.5 Å². The zero-order valence-electron chi connectivity index (χ0n) is 11.2. The number of hydrogen-bond donors (Lipinski definition) is 2. The van der Waals surface area contributed by atoms with E-state index in [1.165, 1.54) is 0 Å². The van der Waals surface area contributed by atoms with Gasteiger partial charge in [-0.1, -0.05) is 18.2 Å². The van der Waals surface area contributed by atoms with Crippen LogP contribution in [0.4, 0.5) is 5.69 Å². The topological polar surface area (TPSA) is 58.4 Å². The van der Waals surface area contributed by atoms with Crippen LogP contribution in [0.15, 0.2) is 30.3 Å². The second-order valence-electron chi connectivity index (χ2n) is 4.92. The zero-order valence-corrected chi connectivity index (χ0v) is 12.0. The lowest BCUT2D eigenvalue weighted by atomic mass is 10.1. The summed E-state index contributed by atoms with van der Waals surface area (Å²) < 4.78 is 0. The number of nitrogens with two attached hydrogens (primary N) is 1. The molecular formula is C14H22ClN3O. The van der Waals surface area contributed by atoms with E-state index in [4.69, 9.17) is 5.73 Å². The minimum atomic E-state index is -0.0956. The molecule has 0 bridgehead atoms. The fourth-order valence-electron chi connectivity index (χ4n) is 2.34. The lowest BCUT2D eigenvalue weighted by Crippen LogP contribution is -2.41. The van der Waals surface area contributed by atoms with Gasteiger partial charge in [0.05, 0.1) is 6.04 Å². The number of carbonyl (C=O) groups excluding carboxylic acids is 1. The minimum absolute atomic E-state index is 0. The lowest BCUT2D eigenvalue weighted by molar-refractivity contribution is -0.120. The molecule has 1 saturated heterocycles. The summed E-state index contributed by atoms with van der Waals surface area (Å²) >= 11 is 0. The summed E-state index contributed by atoms with van der Waals surface area (Å²) in [5.41, 5.74) is 6.52. The smallest absolute Gasteiger partial charge is 0.241 e. The molecule has 0 radical (unpaired) electrons. The van der Waals surface area contributed by atoms with Gasteiger partial charge in [0.2, 0.25) is 5.91 Å². The van der Waals surface area contributed by atoms with Crippen LogP contribution in [-0.2, 0) is 4.79 Å². The molecule has 5 heteroatoms. The average molecular weight is 284 g/mol. The Morgan fingerprint density at radius 3 is 2.74 bits per heavy atom. The zero-order chi connectivity index (χ0) is 13.0. The molecule has 1 heterocycles. The molecule has 1 amide bonds. The summed E-state index contributed by atoms with van der Waals surface area (Å²) in [6.45, 7) is 4.56. The van der Waals surface area contributed by atoms with Crippen LogP contribution in [0.3, 0.4) is 0 Å². The van der Waals surface area contributed by atoms with Gasteiger partial charge in [0.25, 0.3) is 0 Å². The van der Waals surface area contributed by atoms with Crippen molar-refractivity contribution in [1.82, 2.24) is 4.90 Å². The number of nitrogens with one attached hydrogen (secondary N) is 1. The van der Waals surface area contributed by atoms with E-state index in [0.717, 1.165) is 25.2 Å². The summed E-state index contributed by atoms with van der Waals surface area (Å²) in [5, 5.41) is 2.94. The molecule has 106 valence electrons. The van der Waals surface area contributed by atoms with Crippen molar-refractivity contribution in [2.75, 3.05) is 25.0 Å². The van der Waals surface area contributed by atoms with Crippen molar-refractivity contribution in [2.24, 2.45) is 11.7 Å². The van der Waals surface area contributed by atoms with Crippen LogP contribution in [0.2, 0.25) is 0 Å². The van der Waals surface area contributed by atoms with Crippen LogP contribution in [0, 0.1) is 5.92 Å². The maximum atomic E-state index is 12.1. The molecule has 4 nitrogen and oxygen atoms in total. The largest absolute Gasteiger partial charge is 0.330 e. The Kier molecular flexibility index (Phi) is 6.28. The van der Waals surface area contributed by atoms with Crippen LogP contribution >= 0.6 is 12.4 Å². The number of rotatable bonds is 4. The van der Waals surface area contributed by atoms with Gasteiger partial charge in [-0.25, -0.2) is 0 Å². The third-order valence-corrected chi connectivity index (χ3v) is 3.62. The molecule has 3 N–H and O–H groups in total. The summed E-state index contributed by atoms with van der Waals surface area (Å²) in [7, 11) is 0. The van der Waals surface area contributed by atoms with Gasteiger partial charge in [-0.2, -0.15) is 0 Å². The van der Waals surface area contributed by atoms with E-state index in [0.29, 0.717) is 12.5 Å². The number of para-hydroxylation sites is 1. The number of nitrogens with zero attached hydrogens (tertiary/aromatic N) is 1. The second-order valence-corrected chi connectivity index (χ2v) is 4.92. The van der Waals surface area contributed by atoms with Crippen molar-refractivity contribution in [2.45, 2.75) is 19.4 Å². The fourth-order valence-corrected chi connectivity index (χ4v) is 2.34. The normalized spacial score (nSPS) is 20.6. The van der Waals surface area contributed by atoms with Gasteiger partial charge < -0.3 is 11.1 Å². The first-order valence-electron chi connectivity index (χ1n) is 6.50. The van der Waals surface area contributed by atoms with Crippen LogP contribution in [0.25, 0.3) is 0 Å². The van der Waals surface area contributed by atoms with Gasteiger partial charge in [0, 0.05) is 12.2 Å². The molecule has 2 rings (SSSR count). The quantitative estimate of drug-likeness (QED) is 0.885. The number of likely N-dealkylation sites (tertiary alicyclic amines) is 1. The van der Waals surface area contributed by atoms with Crippen LogP contribution < -0.4 is 11.1 Å². The highest BCUT2D eigenvalue weighted by Crippen LogP contribution is 2.18. The van der Waals surface area contributed by atoms with Gasteiger partial charge in [0.15, 0.2) is 0 Å². The molecule has 1 aromatic rings. The third kappa shape index (κ3) is 4.20. The van der Waals surface area contributed by atoms with Gasteiger partial charge in [-0.3, -0.25) is 9.69 Å². The Bertz CT molecular complexity index is 399. The van der Waals surface area contributed by atoms with E-state index in [-0.39, 0.29) is 24.4 Å². The summed E-state index contributed by atoms with van der Waals surface area (Å²) in [5.74, 6) is 0.593. The Labute approximate surface area is 120 Å². The van der Waals surface area contributed by atoms with Crippen molar-refractivity contribution < 1.29 is 4.79 Å². The molecule has 1 aliphatic heterocycles. The fraction of sp³-hybridized carbons (Fsp3) is 0.500. The monoisotopic (exact) mass is 283 g/mol. The van der Waals surface area contributed by atoms with Gasteiger partial charge >= 0.3 is 0 Å². The van der Waals surface area contributed by atoms with E-state index in [1.54, 1.807) is 0 Å². The SMILES string of the molecule is CC(C(=O)Nc1ccccc1)N1CCC(CN)C1.Cl. The molecule has 1 fully saturated rings. The summed E-state index contributed by atoms with van der Waals surface area (Å²) in [4.78, 5) is 14.3. The molecule has 0 aliphatic carbocycles. The van der Waals surface area contributed by atoms with Gasteiger partial charge in [-0.15, -0.1) is 12.4 Å². The van der Waals surface area contributed by atoms with E-state index >= 15 is 0 Å². The highest BCUT2D eigenvalue weighted by Gasteiger charge is 2.28. The maximum absolute atomic E-state index is 12.1. The first-order chi connectivity index (χ1) is 8.70. The predicted molar refractivity (Wildman–Crippen MR) is 80.5 cm³/mol. The molecule has 1 aromatic carbocycles. The molecule has 1 aliphatic rings. The van der Waals surface area contributed by atoms with Crippen molar-refractivity contribution >= 4 is 24.0 Å². The first kappa shape index (κ1) is 16.0. The highest BCUT2D eigenvalue weighted by atomic mass is 35.5. The molecule has 0 saturated carbocycles. The molecule has 2 unspecified atom stereocenters. The molecule has 19 heavy (non-hydrogen) atoms. The molecule has 0 spiro atoms. The van der Waals surface area contributed by atoms with E-state index in [1.807, 2.05) is 37.3 Å². The summed E-state index contributed by atoms with van der Waals surface area (Å²) in [6.07, 6.45) is 1.10. The predicted octanol–water partition coefficient (Wildman–Crippen LogP) is 1.72. The third-order valence-electron chi connectivity index (χ3n) is 3.62. The van der Waals surface area contributed by atoms with Crippen molar-refractivity contribution in [3.63, 3.8) is 0 Å². The maximum Gasteiger partial charge on any atom is 0.241 e. The number of halogens is 1. The van der Waals surface area contributed by atoms with E-state index < -0.39 is 0 Å². The first-order valence-corrected chi connectivity index (χ1v) is 6.50. The minimum Gasteiger partial charge on any atom is -0.330 e. The molecule has 2 atom stereocenters. The Balaban J connectivity index is 0.00000180. The summed E-state index contributed by atoms with van der Waals surface area (Å²) in [6, 6.07) is 9.47. The Morgan fingerprint density at radius 2 is 2.16 bits per heavy atom. The van der Waals surface area contributed by atoms with Gasteiger partial charge in [-0.05, 0) is 44.5 Å². The van der Waals surface area contributed by atoms with Crippen molar-refractivity contribution in [1.29, 1.82) is 0 Å². The number of benzene rings is 1. The van der Waals surface area contributed by atoms with E-state index in [9.17, 15) is 4.79 Å². The number of carbonyl (C=O) groups is 1. The van der Waals surface area contributed by atoms with Crippen LogP contribution in [0.5, 0.6) is 0 Å². The number of hydrogen-bond acceptors (Lipinski definition) is 3. The number of amides is 1. The Morgan fingerprint density at radius 1 is 1.47 bits per heavy atom. The lowest BCUT2D eigenvalue weighted by Gasteiger charge is -2.23.